The molecule has 0 aliphatic heterocycles. The summed E-state index contributed by atoms with van der Waals surface area (Å²) in [6, 6.07) is 2.94. The van der Waals surface area contributed by atoms with Crippen molar-refractivity contribution in [2.45, 2.75) is 5.33 Å². The van der Waals surface area contributed by atoms with E-state index in [0.717, 1.165) is 0 Å². The molecule has 0 fully saturated rings. The average Bonchev–Trinajstić information content (AvgIpc) is 2.04. The quantitative estimate of drug-likeness (QED) is 0.477. The van der Waals surface area contributed by atoms with Crippen LogP contribution in [0.2, 0.25) is 0 Å². The van der Waals surface area contributed by atoms with Gasteiger partial charge in [-0.1, -0.05) is 22.0 Å². The second-order valence-electron chi connectivity index (χ2n) is 2.26. The first-order valence-corrected chi connectivity index (χ1v) is 5.16. The molecule has 0 saturated heterocycles. The Balaban J connectivity index is 3.38. The average molecular weight is 313 g/mol. The van der Waals surface area contributed by atoms with Gasteiger partial charge in [0.2, 0.25) is 5.82 Å². The van der Waals surface area contributed by atoms with Gasteiger partial charge in [0, 0.05) is 10.9 Å². The fourth-order valence-corrected chi connectivity index (χ4v) is 1.74. The number of hydrogen-bond acceptors (Lipinski definition) is 2. The van der Waals surface area contributed by atoms with Gasteiger partial charge in [0.25, 0.3) is 0 Å². The van der Waals surface area contributed by atoms with Crippen molar-refractivity contribution in [3.8, 4) is 0 Å². The van der Waals surface area contributed by atoms with Gasteiger partial charge in [-0.15, -0.1) is 0 Å². The van der Waals surface area contributed by atoms with Crippen LogP contribution in [0.4, 0.5) is 10.1 Å². The van der Waals surface area contributed by atoms with Crippen molar-refractivity contribution in [2.75, 3.05) is 0 Å². The monoisotopic (exact) mass is 311 g/mol. The zero-order valence-corrected chi connectivity index (χ0v) is 9.43. The van der Waals surface area contributed by atoms with Crippen LogP contribution in [0.5, 0.6) is 0 Å². The molecule has 0 heterocycles. The number of alkyl halides is 1. The van der Waals surface area contributed by atoms with Crippen LogP contribution in [-0.4, -0.2) is 4.92 Å². The molecule has 0 aliphatic carbocycles. The molecule has 0 aliphatic rings. The summed E-state index contributed by atoms with van der Waals surface area (Å²) in [7, 11) is 0. The summed E-state index contributed by atoms with van der Waals surface area (Å²) in [6.45, 7) is 0. The van der Waals surface area contributed by atoms with E-state index in [0.29, 0.717) is 0 Å². The predicted molar refractivity (Wildman–Crippen MR) is 53.4 cm³/mol. The van der Waals surface area contributed by atoms with E-state index in [-0.39, 0.29) is 15.4 Å². The Bertz CT molecular complexity index is 357. The van der Waals surface area contributed by atoms with Gasteiger partial charge >= 0.3 is 5.69 Å². The fraction of sp³-hybridized carbons (Fsp3) is 0.143. The highest BCUT2D eigenvalue weighted by Gasteiger charge is 2.21. The minimum Gasteiger partial charge on any atom is -0.258 e. The minimum absolute atomic E-state index is 0.153. The van der Waals surface area contributed by atoms with Crippen LogP contribution in [0.15, 0.2) is 16.6 Å². The van der Waals surface area contributed by atoms with E-state index in [9.17, 15) is 14.5 Å². The Morgan fingerprint density at radius 3 is 2.62 bits per heavy atom. The van der Waals surface area contributed by atoms with Crippen LogP contribution in [0.3, 0.4) is 0 Å². The normalized spacial score (nSPS) is 10.1. The van der Waals surface area contributed by atoms with E-state index in [4.69, 9.17) is 0 Å². The maximum atomic E-state index is 13.3. The summed E-state index contributed by atoms with van der Waals surface area (Å²) in [5.41, 5.74) is -0.244. The maximum Gasteiger partial charge on any atom is 0.319 e. The first-order valence-electron chi connectivity index (χ1n) is 3.25. The molecule has 0 unspecified atom stereocenters. The zero-order valence-electron chi connectivity index (χ0n) is 6.26. The number of rotatable bonds is 2. The second kappa shape index (κ2) is 4.15. The Labute approximate surface area is 90.3 Å². The smallest absolute Gasteiger partial charge is 0.258 e. The van der Waals surface area contributed by atoms with Crippen molar-refractivity contribution in [3.05, 3.63) is 38.1 Å². The summed E-state index contributed by atoms with van der Waals surface area (Å²) >= 11 is 5.95. The summed E-state index contributed by atoms with van der Waals surface area (Å²) in [4.78, 5) is 9.69. The van der Waals surface area contributed by atoms with Gasteiger partial charge in [-0.2, -0.15) is 4.39 Å². The van der Waals surface area contributed by atoms with Crippen molar-refractivity contribution in [1.29, 1.82) is 0 Å². The number of nitro benzene ring substituents is 1. The van der Waals surface area contributed by atoms with E-state index in [1.807, 2.05) is 0 Å². The van der Waals surface area contributed by atoms with Crippen LogP contribution < -0.4 is 0 Å². The van der Waals surface area contributed by atoms with Gasteiger partial charge in [0.1, 0.15) is 0 Å². The lowest BCUT2D eigenvalue weighted by Crippen LogP contribution is -1.97. The van der Waals surface area contributed by atoms with Gasteiger partial charge in [0.05, 0.1) is 9.40 Å². The predicted octanol–water partition coefficient (Wildman–Crippen LogP) is 3.39. The van der Waals surface area contributed by atoms with Crippen LogP contribution >= 0.6 is 31.9 Å². The molecule has 70 valence electrons. The molecule has 6 heteroatoms. The topological polar surface area (TPSA) is 43.1 Å². The summed E-state index contributed by atoms with van der Waals surface area (Å²) in [6.07, 6.45) is 0. The van der Waals surface area contributed by atoms with Gasteiger partial charge < -0.3 is 0 Å². The van der Waals surface area contributed by atoms with Gasteiger partial charge in [-0.05, 0) is 22.0 Å². The third-order valence-electron chi connectivity index (χ3n) is 1.47. The maximum absolute atomic E-state index is 13.3. The highest BCUT2D eigenvalue weighted by atomic mass is 79.9. The van der Waals surface area contributed by atoms with E-state index >= 15 is 0 Å². The van der Waals surface area contributed by atoms with E-state index in [2.05, 4.69) is 31.9 Å². The molecule has 0 radical (unpaired) electrons. The molecule has 3 nitrogen and oxygen atoms in total. The molecule has 0 saturated carbocycles. The number of hydrogen-bond donors (Lipinski definition) is 0. The van der Waals surface area contributed by atoms with Gasteiger partial charge in [0.15, 0.2) is 0 Å². The van der Waals surface area contributed by atoms with Gasteiger partial charge in [-0.3, -0.25) is 10.1 Å². The number of benzene rings is 1. The Kier molecular flexibility index (Phi) is 3.38. The highest BCUT2D eigenvalue weighted by Crippen LogP contribution is 2.30. The molecule has 1 aromatic carbocycles. The minimum atomic E-state index is -0.795. The van der Waals surface area contributed by atoms with E-state index < -0.39 is 16.4 Å². The standard InChI is InChI=1S/C7H4Br2FNO2/c8-3-4-1-2-5(9)7(6(4)10)11(12)13/h1-2H,3H2. The lowest BCUT2D eigenvalue weighted by atomic mass is 10.2. The summed E-state index contributed by atoms with van der Waals surface area (Å²) < 4.78 is 13.4. The van der Waals surface area contributed by atoms with Crippen molar-refractivity contribution < 1.29 is 9.31 Å². The van der Waals surface area contributed by atoms with Crippen LogP contribution in [0.25, 0.3) is 0 Å². The molecule has 0 aromatic heterocycles. The summed E-state index contributed by atoms with van der Waals surface area (Å²) in [5, 5.41) is 10.7. The molecule has 1 aromatic rings. The molecule has 0 bridgehead atoms. The van der Waals surface area contributed by atoms with Crippen molar-refractivity contribution in [3.63, 3.8) is 0 Å². The molecular weight excluding hydrogens is 309 g/mol. The number of nitro groups is 1. The van der Waals surface area contributed by atoms with E-state index in [1.54, 1.807) is 0 Å². The first-order chi connectivity index (χ1) is 6.07. The SMILES string of the molecule is O=[N+]([O-])c1c(Br)ccc(CBr)c1F. The highest BCUT2D eigenvalue weighted by molar-refractivity contribution is 9.10. The molecule has 0 amide bonds. The molecule has 0 spiro atoms. The van der Waals surface area contributed by atoms with Crippen LogP contribution in [0, 0.1) is 15.9 Å². The molecular formula is C7H4Br2FNO2. The van der Waals surface area contributed by atoms with Crippen molar-refractivity contribution >= 4 is 37.5 Å². The van der Waals surface area contributed by atoms with Crippen LogP contribution in [-0.2, 0) is 5.33 Å². The third-order valence-corrected chi connectivity index (χ3v) is 2.72. The summed E-state index contributed by atoms with van der Waals surface area (Å²) in [5.74, 6) is -0.795. The Hall–Kier alpha value is -0.490. The van der Waals surface area contributed by atoms with Crippen molar-refractivity contribution in [2.24, 2.45) is 0 Å². The first kappa shape index (κ1) is 10.6. The second-order valence-corrected chi connectivity index (χ2v) is 3.67. The van der Waals surface area contributed by atoms with Crippen molar-refractivity contribution in [1.82, 2.24) is 0 Å². The van der Waals surface area contributed by atoms with Crippen LogP contribution in [0.1, 0.15) is 5.56 Å². The Morgan fingerprint density at radius 2 is 2.15 bits per heavy atom. The molecule has 13 heavy (non-hydrogen) atoms. The fourth-order valence-electron chi connectivity index (χ4n) is 0.853. The Morgan fingerprint density at radius 1 is 1.54 bits per heavy atom. The zero-order chi connectivity index (χ0) is 10.0. The molecule has 0 N–H and O–H groups in total. The lowest BCUT2D eigenvalue weighted by molar-refractivity contribution is -0.388. The number of halogens is 3. The lowest BCUT2D eigenvalue weighted by Gasteiger charge is -2.00. The van der Waals surface area contributed by atoms with Gasteiger partial charge in [-0.25, -0.2) is 0 Å². The molecule has 0 atom stereocenters. The van der Waals surface area contributed by atoms with E-state index in [1.165, 1.54) is 12.1 Å². The number of nitrogens with zero attached hydrogens (tertiary/aromatic N) is 1. The molecule has 1 rings (SSSR count). The largest absolute Gasteiger partial charge is 0.319 e. The third kappa shape index (κ3) is 2.05.